The van der Waals surface area contributed by atoms with Crippen molar-refractivity contribution in [2.75, 3.05) is 0 Å². The molecular formula is C12H15N3. The molecule has 2 aromatic rings. The Morgan fingerprint density at radius 2 is 2.00 bits per heavy atom. The van der Waals surface area contributed by atoms with Gasteiger partial charge in [-0.1, -0.05) is 20.8 Å². The molecule has 0 spiro atoms. The minimum Gasteiger partial charge on any atom is -0.248 e. The Morgan fingerprint density at radius 1 is 1.20 bits per heavy atom. The lowest BCUT2D eigenvalue weighted by atomic mass is 9.91. The number of hydrogen-bond donors (Lipinski definition) is 0. The van der Waals surface area contributed by atoms with Crippen LogP contribution in [0, 0.1) is 5.41 Å². The minimum absolute atomic E-state index is 0.241. The molecule has 0 aliphatic carbocycles. The molecule has 0 aliphatic rings. The number of rotatable bonds is 1. The lowest BCUT2D eigenvalue weighted by Gasteiger charge is -2.16. The fraction of sp³-hybridized carbons (Fsp3) is 0.417. The highest BCUT2D eigenvalue weighted by Crippen LogP contribution is 2.19. The monoisotopic (exact) mass is 201 g/mol. The summed E-state index contributed by atoms with van der Waals surface area (Å²) < 4.78 is 0. The van der Waals surface area contributed by atoms with E-state index in [-0.39, 0.29) is 5.41 Å². The van der Waals surface area contributed by atoms with Crippen LogP contribution in [0.2, 0.25) is 0 Å². The Kier molecular flexibility index (Phi) is 2.39. The van der Waals surface area contributed by atoms with Crippen molar-refractivity contribution in [1.82, 2.24) is 15.0 Å². The largest absolute Gasteiger partial charge is 0.248 e. The Balaban J connectivity index is 2.39. The van der Waals surface area contributed by atoms with Gasteiger partial charge in [-0.05, 0) is 24.0 Å². The summed E-state index contributed by atoms with van der Waals surface area (Å²) in [4.78, 5) is 13.0. The summed E-state index contributed by atoms with van der Waals surface area (Å²) >= 11 is 0. The standard InChI is InChI=1S/C12H15N3/c1-12(2,3)7-9-8-14-11-10(15-9)5-4-6-13-11/h4-6,8H,7H2,1-3H3. The molecule has 0 atom stereocenters. The third kappa shape index (κ3) is 2.49. The lowest BCUT2D eigenvalue weighted by molar-refractivity contribution is 0.406. The van der Waals surface area contributed by atoms with Gasteiger partial charge in [0.1, 0.15) is 5.52 Å². The van der Waals surface area contributed by atoms with Gasteiger partial charge in [-0.25, -0.2) is 15.0 Å². The Hall–Kier alpha value is -1.51. The van der Waals surface area contributed by atoms with E-state index in [1.54, 1.807) is 6.20 Å². The van der Waals surface area contributed by atoms with E-state index in [1.807, 2.05) is 18.3 Å². The molecule has 0 aromatic carbocycles. The average molecular weight is 201 g/mol. The van der Waals surface area contributed by atoms with Gasteiger partial charge in [-0.3, -0.25) is 0 Å². The van der Waals surface area contributed by atoms with Crippen LogP contribution in [-0.4, -0.2) is 15.0 Å². The van der Waals surface area contributed by atoms with Crippen LogP contribution in [0.4, 0.5) is 0 Å². The maximum absolute atomic E-state index is 4.54. The zero-order chi connectivity index (χ0) is 10.9. The van der Waals surface area contributed by atoms with Crippen molar-refractivity contribution >= 4 is 11.2 Å². The van der Waals surface area contributed by atoms with E-state index in [1.165, 1.54) is 0 Å². The van der Waals surface area contributed by atoms with Crippen LogP contribution in [0.15, 0.2) is 24.5 Å². The first kappa shape index (κ1) is 10.0. The van der Waals surface area contributed by atoms with E-state index < -0.39 is 0 Å². The SMILES string of the molecule is CC(C)(C)Cc1cnc2ncccc2n1. The molecule has 0 aliphatic heterocycles. The molecule has 0 amide bonds. The second-order valence-corrected chi connectivity index (χ2v) is 4.94. The van der Waals surface area contributed by atoms with Gasteiger partial charge in [0.05, 0.1) is 11.9 Å². The molecule has 15 heavy (non-hydrogen) atoms. The number of nitrogens with zero attached hydrogens (tertiary/aromatic N) is 3. The van der Waals surface area contributed by atoms with Gasteiger partial charge in [-0.15, -0.1) is 0 Å². The molecule has 0 N–H and O–H groups in total. The number of hydrogen-bond acceptors (Lipinski definition) is 3. The van der Waals surface area contributed by atoms with Crippen LogP contribution < -0.4 is 0 Å². The fourth-order valence-electron chi connectivity index (χ4n) is 1.52. The molecule has 0 saturated heterocycles. The van der Waals surface area contributed by atoms with Crippen LogP contribution in [0.5, 0.6) is 0 Å². The highest BCUT2D eigenvalue weighted by molar-refractivity contribution is 5.68. The number of aromatic nitrogens is 3. The first-order chi connectivity index (χ1) is 7.04. The number of pyridine rings is 1. The predicted octanol–water partition coefficient (Wildman–Crippen LogP) is 2.61. The molecule has 0 radical (unpaired) electrons. The van der Waals surface area contributed by atoms with Gasteiger partial charge in [-0.2, -0.15) is 0 Å². The normalized spacial score (nSPS) is 11.9. The van der Waals surface area contributed by atoms with Crippen molar-refractivity contribution < 1.29 is 0 Å². The molecule has 3 nitrogen and oxygen atoms in total. The Bertz CT molecular complexity index is 471. The molecule has 3 heteroatoms. The third-order valence-corrected chi connectivity index (χ3v) is 2.08. The van der Waals surface area contributed by atoms with Gasteiger partial charge in [0.15, 0.2) is 5.65 Å². The molecule has 0 bridgehead atoms. The molecule has 0 fully saturated rings. The van der Waals surface area contributed by atoms with Crippen LogP contribution in [0.1, 0.15) is 26.5 Å². The zero-order valence-electron chi connectivity index (χ0n) is 9.36. The molecule has 2 aromatic heterocycles. The van der Waals surface area contributed by atoms with Crippen LogP contribution >= 0.6 is 0 Å². The van der Waals surface area contributed by atoms with Crippen LogP contribution in [0.3, 0.4) is 0 Å². The average Bonchev–Trinajstić information content (AvgIpc) is 2.15. The van der Waals surface area contributed by atoms with Gasteiger partial charge in [0, 0.05) is 6.20 Å². The van der Waals surface area contributed by atoms with Crippen molar-refractivity contribution in [3.8, 4) is 0 Å². The maximum atomic E-state index is 4.54. The second-order valence-electron chi connectivity index (χ2n) is 4.94. The van der Waals surface area contributed by atoms with E-state index in [9.17, 15) is 0 Å². The molecule has 0 saturated carbocycles. The van der Waals surface area contributed by atoms with Gasteiger partial charge >= 0.3 is 0 Å². The molecular weight excluding hydrogens is 186 g/mol. The summed E-state index contributed by atoms with van der Waals surface area (Å²) in [5.41, 5.74) is 2.86. The molecule has 0 unspecified atom stereocenters. The topological polar surface area (TPSA) is 38.7 Å². The van der Waals surface area contributed by atoms with E-state index in [2.05, 4.69) is 35.7 Å². The first-order valence-corrected chi connectivity index (χ1v) is 5.11. The van der Waals surface area contributed by atoms with E-state index in [0.29, 0.717) is 0 Å². The molecule has 2 heterocycles. The summed E-state index contributed by atoms with van der Waals surface area (Å²) in [7, 11) is 0. The first-order valence-electron chi connectivity index (χ1n) is 5.11. The summed E-state index contributed by atoms with van der Waals surface area (Å²) in [6.07, 6.45) is 4.49. The summed E-state index contributed by atoms with van der Waals surface area (Å²) in [6.45, 7) is 6.59. The lowest BCUT2D eigenvalue weighted by Crippen LogP contribution is -2.10. The maximum Gasteiger partial charge on any atom is 0.178 e. The smallest absolute Gasteiger partial charge is 0.178 e. The van der Waals surface area contributed by atoms with Crippen LogP contribution in [-0.2, 0) is 6.42 Å². The van der Waals surface area contributed by atoms with Crippen molar-refractivity contribution in [3.63, 3.8) is 0 Å². The van der Waals surface area contributed by atoms with E-state index >= 15 is 0 Å². The summed E-state index contributed by atoms with van der Waals surface area (Å²) in [5.74, 6) is 0. The predicted molar refractivity (Wildman–Crippen MR) is 60.5 cm³/mol. The fourth-order valence-corrected chi connectivity index (χ4v) is 1.52. The van der Waals surface area contributed by atoms with Crippen LogP contribution in [0.25, 0.3) is 11.2 Å². The summed E-state index contributed by atoms with van der Waals surface area (Å²) in [6, 6.07) is 3.83. The third-order valence-electron chi connectivity index (χ3n) is 2.08. The highest BCUT2D eigenvalue weighted by atomic mass is 14.9. The van der Waals surface area contributed by atoms with Gasteiger partial charge in [0.2, 0.25) is 0 Å². The Labute approximate surface area is 89.6 Å². The van der Waals surface area contributed by atoms with Crippen molar-refractivity contribution in [3.05, 3.63) is 30.2 Å². The van der Waals surface area contributed by atoms with Crippen molar-refractivity contribution in [1.29, 1.82) is 0 Å². The van der Waals surface area contributed by atoms with Gasteiger partial charge in [0.25, 0.3) is 0 Å². The van der Waals surface area contributed by atoms with Gasteiger partial charge < -0.3 is 0 Å². The number of fused-ring (bicyclic) bond motifs is 1. The summed E-state index contributed by atoms with van der Waals surface area (Å²) in [5, 5.41) is 0. The second kappa shape index (κ2) is 3.57. The van der Waals surface area contributed by atoms with E-state index in [4.69, 9.17) is 0 Å². The minimum atomic E-state index is 0.241. The van der Waals surface area contributed by atoms with E-state index in [0.717, 1.165) is 23.3 Å². The zero-order valence-corrected chi connectivity index (χ0v) is 9.36. The van der Waals surface area contributed by atoms with Crippen molar-refractivity contribution in [2.45, 2.75) is 27.2 Å². The van der Waals surface area contributed by atoms with Crippen molar-refractivity contribution in [2.24, 2.45) is 5.41 Å². The highest BCUT2D eigenvalue weighted by Gasteiger charge is 2.12. The molecule has 2 rings (SSSR count). The Morgan fingerprint density at radius 3 is 2.73 bits per heavy atom. The quantitative estimate of drug-likeness (QED) is 0.712. The molecule has 78 valence electrons.